The first-order valence-electron chi connectivity index (χ1n) is 7.40. The average molecular weight is 322 g/mol. The number of halogens is 1. The molecule has 22 heavy (non-hydrogen) atoms. The second-order valence-electron chi connectivity index (χ2n) is 5.66. The lowest BCUT2D eigenvalue weighted by atomic mass is 10.3. The molecule has 1 aliphatic heterocycles. The smallest absolute Gasteiger partial charge is 0.317 e. The maximum atomic E-state index is 13.7. The van der Waals surface area contributed by atoms with Gasteiger partial charge in [0.15, 0.2) is 5.13 Å². The molecule has 0 spiro atoms. The van der Waals surface area contributed by atoms with Crippen molar-refractivity contribution in [2.24, 2.45) is 0 Å². The van der Waals surface area contributed by atoms with Gasteiger partial charge in [0.05, 0.1) is 4.70 Å². The Kier molecular flexibility index (Phi) is 4.15. The minimum atomic E-state index is -0.282. The van der Waals surface area contributed by atoms with Gasteiger partial charge in [-0.15, -0.1) is 0 Å². The Balaban J connectivity index is 1.68. The van der Waals surface area contributed by atoms with Crippen LogP contribution in [0.5, 0.6) is 0 Å². The van der Waals surface area contributed by atoms with E-state index in [1.54, 1.807) is 6.07 Å². The van der Waals surface area contributed by atoms with Crippen molar-refractivity contribution in [1.82, 2.24) is 15.2 Å². The topological polar surface area (TPSA) is 48.5 Å². The van der Waals surface area contributed by atoms with Crippen LogP contribution in [0, 0.1) is 5.82 Å². The number of rotatable bonds is 2. The van der Waals surface area contributed by atoms with Gasteiger partial charge in [-0.25, -0.2) is 14.2 Å². The zero-order chi connectivity index (χ0) is 15.7. The normalized spacial score (nSPS) is 15.6. The lowest BCUT2D eigenvalue weighted by molar-refractivity contribution is 0.192. The minimum Gasteiger partial charge on any atom is -0.345 e. The molecule has 2 amide bonds. The largest absolute Gasteiger partial charge is 0.345 e. The van der Waals surface area contributed by atoms with E-state index in [-0.39, 0.29) is 17.9 Å². The van der Waals surface area contributed by atoms with E-state index in [9.17, 15) is 9.18 Å². The molecule has 118 valence electrons. The van der Waals surface area contributed by atoms with Gasteiger partial charge in [-0.05, 0) is 26.0 Å². The number of carbonyl (C=O) groups is 1. The standard InChI is InChI=1S/C15H19FN4OS/c1-10(2)17-14(21)19-6-8-20(9-7-19)15-18-13-11(16)4-3-5-12(13)22-15/h3-5,10H,6-9H2,1-2H3,(H,17,21). The van der Waals surface area contributed by atoms with E-state index >= 15 is 0 Å². The second-order valence-corrected chi connectivity index (χ2v) is 6.67. The van der Waals surface area contributed by atoms with Crippen LogP contribution in [0.25, 0.3) is 10.2 Å². The molecule has 1 aliphatic rings. The van der Waals surface area contributed by atoms with Crippen LogP contribution in [0.15, 0.2) is 18.2 Å². The Morgan fingerprint density at radius 1 is 1.32 bits per heavy atom. The lowest BCUT2D eigenvalue weighted by Crippen LogP contribution is -2.52. The van der Waals surface area contributed by atoms with E-state index in [0.29, 0.717) is 31.7 Å². The molecular weight excluding hydrogens is 303 g/mol. The molecule has 2 aromatic rings. The van der Waals surface area contributed by atoms with Crippen molar-refractivity contribution in [3.63, 3.8) is 0 Å². The van der Waals surface area contributed by atoms with E-state index in [0.717, 1.165) is 9.83 Å². The molecule has 3 rings (SSSR count). The molecule has 0 saturated carbocycles. The number of hydrogen-bond acceptors (Lipinski definition) is 4. The van der Waals surface area contributed by atoms with Crippen LogP contribution in [-0.4, -0.2) is 48.1 Å². The summed E-state index contributed by atoms with van der Waals surface area (Å²) in [5.74, 6) is -0.282. The summed E-state index contributed by atoms with van der Waals surface area (Å²) in [6.07, 6.45) is 0. The molecular formula is C15H19FN4OS. The number of amides is 2. The number of anilines is 1. The number of piperazine rings is 1. The fourth-order valence-electron chi connectivity index (χ4n) is 2.48. The summed E-state index contributed by atoms with van der Waals surface area (Å²) in [6, 6.07) is 5.13. The molecule has 2 heterocycles. The van der Waals surface area contributed by atoms with Crippen molar-refractivity contribution in [3.8, 4) is 0 Å². The number of aromatic nitrogens is 1. The van der Waals surface area contributed by atoms with Crippen LogP contribution in [0.1, 0.15) is 13.8 Å². The molecule has 5 nitrogen and oxygen atoms in total. The minimum absolute atomic E-state index is 0.0232. The van der Waals surface area contributed by atoms with Gasteiger partial charge in [-0.3, -0.25) is 0 Å². The fourth-order valence-corrected chi connectivity index (χ4v) is 3.51. The van der Waals surface area contributed by atoms with Crippen molar-refractivity contribution in [2.75, 3.05) is 31.1 Å². The predicted molar refractivity (Wildman–Crippen MR) is 87.0 cm³/mol. The van der Waals surface area contributed by atoms with Crippen LogP contribution in [0.4, 0.5) is 14.3 Å². The number of nitrogens with zero attached hydrogens (tertiary/aromatic N) is 3. The first kappa shape index (κ1) is 15.0. The number of carbonyl (C=O) groups excluding carboxylic acids is 1. The number of thiazole rings is 1. The Morgan fingerprint density at radius 2 is 2.05 bits per heavy atom. The Labute approximate surface area is 132 Å². The molecule has 7 heteroatoms. The number of urea groups is 1. The first-order chi connectivity index (χ1) is 10.5. The van der Waals surface area contributed by atoms with Gasteiger partial charge >= 0.3 is 6.03 Å². The average Bonchev–Trinajstić information content (AvgIpc) is 2.92. The summed E-state index contributed by atoms with van der Waals surface area (Å²) >= 11 is 1.49. The summed E-state index contributed by atoms with van der Waals surface area (Å²) in [4.78, 5) is 20.3. The molecule has 1 fully saturated rings. The van der Waals surface area contributed by atoms with Crippen LogP contribution in [0.3, 0.4) is 0 Å². The van der Waals surface area contributed by atoms with E-state index < -0.39 is 0 Å². The van der Waals surface area contributed by atoms with Crippen molar-refractivity contribution < 1.29 is 9.18 Å². The molecule has 1 saturated heterocycles. The van der Waals surface area contributed by atoms with Gasteiger partial charge in [-0.2, -0.15) is 0 Å². The lowest BCUT2D eigenvalue weighted by Gasteiger charge is -2.34. The highest BCUT2D eigenvalue weighted by Gasteiger charge is 2.23. The fraction of sp³-hybridized carbons (Fsp3) is 0.467. The highest BCUT2D eigenvalue weighted by atomic mass is 32.1. The molecule has 0 bridgehead atoms. The monoisotopic (exact) mass is 322 g/mol. The molecule has 0 radical (unpaired) electrons. The maximum absolute atomic E-state index is 13.7. The van der Waals surface area contributed by atoms with Crippen LogP contribution in [0.2, 0.25) is 0 Å². The zero-order valence-corrected chi connectivity index (χ0v) is 13.5. The van der Waals surface area contributed by atoms with Crippen LogP contribution >= 0.6 is 11.3 Å². The van der Waals surface area contributed by atoms with E-state index in [1.807, 2.05) is 24.8 Å². The summed E-state index contributed by atoms with van der Waals surface area (Å²) < 4.78 is 14.6. The molecule has 0 aliphatic carbocycles. The second kappa shape index (κ2) is 6.08. The predicted octanol–water partition coefficient (Wildman–Crippen LogP) is 2.68. The number of nitrogens with one attached hydrogen (secondary N) is 1. The third-order valence-electron chi connectivity index (χ3n) is 3.61. The SMILES string of the molecule is CC(C)NC(=O)N1CCN(c2nc3c(F)cccc3s2)CC1. The van der Waals surface area contributed by atoms with Crippen molar-refractivity contribution in [2.45, 2.75) is 19.9 Å². The van der Waals surface area contributed by atoms with Crippen molar-refractivity contribution in [1.29, 1.82) is 0 Å². The van der Waals surface area contributed by atoms with Gasteiger partial charge in [0.2, 0.25) is 0 Å². The highest BCUT2D eigenvalue weighted by Crippen LogP contribution is 2.30. The van der Waals surface area contributed by atoms with Gasteiger partial charge in [-0.1, -0.05) is 17.4 Å². The molecule has 1 N–H and O–H groups in total. The van der Waals surface area contributed by atoms with Crippen molar-refractivity contribution in [3.05, 3.63) is 24.0 Å². The summed E-state index contributed by atoms with van der Waals surface area (Å²) in [7, 11) is 0. The number of hydrogen-bond donors (Lipinski definition) is 1. The highest BCUT2D eigenvalue weighted by molar-refractivity contribution is 7.22. The Morgan fingerprint density at radius 3 is 2.68 bits per heavy atom. The number of fused-ring (bicyclic) bond motifs is 1. The summed E-state index contributed by atoms with van der Waals surface area (Å²) in [5, 5.41) is 3.73. The van der Waals surface area contributed by atoms with E-state index in [4.69, 9.17) is 0 Å². The van der Waals surface area contributed by atoms with E-state index in [1.165, 1.54) is 17.4 Å². The van der Waals surface area contributed by atoms with Gasteiger partial charge in [0, 0.05) is 32.2 Å². The summed E-state index contributed by atoms with van der Waals surface area (Å²) in [6.45, 7) is 6.63. The molecule has 0 atom stereocenters. The van der Waals surface area contributed by atoms with Crippen molar-refractivity contribution >= 4 is 32.7 Å². The first-order valence-corrected chi connectivity index (χ1v) is 8.21. The van der Waals surface area contributed by atoms with E-state index in [2.05, 4.69) is 15.2 Å². The third-order valence-corrected chi connectivity index (χ3v) is 4.69. The number of para-hydroxylation sites is 1. The quantitative estimate of drug-likeness (QED) is 0.925. The van der Waals surface area contributed by atoms with Gasteiger partial charge in [0.25, 0.3) is 0 Å². The Bertz CT molecular complexity index is 679. The zero-order valence-electron chi connectivity index (χ0n) is 12.7. The van der Waals surface area contributed by atoms with Gasteiger partial charge in [0.1, 0.15) is 11.3 Å². The third kappa shape index (κ3) is 2.99. The van der Waals surface area contributed by atoms with Crippen LogP contribution in [-0.2, 0) is 0 Å². The number of benzene rings is 1. The molecule has 0 unspecified atom stereocenters. The molecule has 1 aromatic heterocycles. The molecule has 1 aromatic carbocycles. The maximum Gasteiger partial charge on any atom is 0.317 e. The Hall–Kier alpha value is -1.89. The summed E-state index contributed by atoms with van der Waals surface area (Å²) in [5.41, 5.74) is 0.433. The van der Waals surface area contributed by atoms with Gasteiger partial charge < -0.3 is 15.1 Å². The van der Waals surface area contributed by atoms with Crippen LogP contribution < -0.4 is 10.2 Å².